The monoisotopic (exact) mass is 353 g/mol. The zero-order valence-electron chi connectivity index (χ0n) is 15.6. The summed E-state index contributed by atoms with van der Waals surface area (Å²) in [4.78, 5) is 17.7. The van der Waals surface area contributed by atoms with Gasteiger partial charge in [-0.15, -0.1) is 0 Å². The largest absolute Gasteiger partial charge is 0.334 e. The molecule has 3 heterocycles. The van der Waals surface area contributed by atoms with Gasteiger partial charge in [0.2, 0.25) is 0 Å². The summed E-state index contributed by atoms with van der Waals surface area (Å²) < 4.78 is 0. The summed E-state index contributed by atoms with van der Waals surface area (Å²) >= 11 is 0. The van der Waals surface area contributed by atoms with E-state index < -0.39 is 0 Å². The van der Waals surface area contributed by atoms with Gasteiger partial charge < -0.3 is 15.1 Å². The average Bonchev–Trinajstić information content (AvgIpc) is 3.07. The van der Waals surface area contributed by atoms with Crippen LogP contribution in [-0.4, -0.2) is 53.6 Å². The average molecular weight is 354 g/mol. The number of rotatable bonds is 4. The minimum absolute atomic E-state index is 0.230. The van der Waals surface area contributed by atoms with Crippen LogP contribution in [0.4, 0.5) is 4.79 Å². The molecule has 2 aliphatic carbocycles. The number of hydrogen-bond acceptors (Lipinski definition) is 2. The highest BCUT2D eigenvalue weighted by Gasteiger charge is 2.48. The van der Waals surface area contributed by atoms with Gasteiger partial charge in [-0.25, -0.2) is 4.79 Å². The summed E-state index contributed by atoms with van der Waals surface area (Å²) in [6.45, 7) is 3.20. The van der Waals surface area contributed by atoms with Crippen LogP contribution in [0, 0.1) is 11.8 Å². The third-order valence-electron chi connectivity index (χ3n) is 7.27. The number of nitrogens with one attached hydrogen (secondary N) is 1. The van der Waals surface area contributed by atoms with E-state index in [1.165, 1.54) is 37.7 Å². The van der Waals surface area contributed by atoms with Crippen molar-refractivity contribution in [3.63, 3.8) is 0 Å². The van der Waals surface area contributed by atoms with Gasteiger partial charge >= 0.3 is 6.03 Å². The Balaban J connectivity index is 1.12. The van der Waals surface area contributed by atoms with E-state index >= 15 is 0 Å². The predicted molar refractivity (Wildman–Crippen MR) is 103 cm³/mol. The molecule has 140 valence electrons. The molecule has 0 spiro atoms. The molecule has 1 unspecified atom stereocenters. The minimum atomic E-state index is 0.230. The van der Waals surface area contributed by atoms with E-state index in [-0.39, 0.29) is 6.03 Å². The second-order valence-corrected chi connectivity index (χ2v) is 9.10. The van der Waals surface area contributed by atoms with Crippen molar-refractivity contribution in [2.24, 2.45) is 11.8 Å². The summed E-state index contributed by atoms with van der Waals surface area (Å²) in [5.74, 6) is 1.81. The van der Waals surface area contributed by atoms with Crippen molar-refractivity contribution >= 4 is 6.03 Å². The first-order valence-electron chi connectivity index (χ1n) is 10.6. The summed E-state index contributed by atoms with van der Waals surface area (Å²) in [6.07, 6.45) is 8.65. The first-order chi connectivity index (χ1) is 12.7. The Bertz CT molecular complexity index is 618. The molecule has 4 bridgehead atoms. The fourth-order valence-electron chi connectivity index (χ4n) is 6.20. The van der Waals surface area contributed by atoms with E-state index in [2.05, 4.69) is 45.4 Å². The number of carbonyl (C=O) groups is 1. The van der Waals surface area contributed by atoms with E-state index in [4.69, 9.17) is 0 Å². The van der Waals surface area contributed by atoms with Crippen molar-refractivity contribution in [3.05, 3.63) is 35.9 Å². The number of piperidine rings is 2. The molecular weight excluding hydrogens is 322 g/mol. The van der Waals surface area contributed by atoms with E-state index in [0.29, 0.717) is 18.1 Å². The van der Waals surface area contributed by atoms with Crippen LogP contribution >= 0.6 is 0 Å². The second kappa shape index (κ2) is 6.88. The lowest BCUT2D eigenvalue weighted by molar-refractivity contribution is -0.0318. The van der Waals surface area contributed by atoms with E-state index in [1.807, 2.05) is 0 Å². The van der Waals surface area contributed by atoms with Crippen LogP contribution in [0.2, 0.25) is 0 Å². The maximum absolute atomic E-state index is 13.0. The van der Waals surface area contributed by atoms with Crippen molar-refractivity contribution < 1.29 is 4.79 Å². The Labute approximate surface area is 156 Å². The number of carbonyl (C=O) groups excluding carboxylic acids is 1. The Morgan fingerprint density at radius 3 is 2.38 bits per heavy atom. The van der Waals surface area contributed by atoms with Crippen molar-refractivity contribution in [2.45, 2.75) is 63.1 Å². The molecule has 1 N–H and O–H groups in total. The Kier molecular flexibility index (Phi) is 4.39. The van der Waals surface area contributed by atoms with Crippen molar-refractivity contribution in [2.75, 3.05) is 19.6 Å². The van der Waals surface area contributed by atoms with Gasteiger partial charge in [0.25, 0.3) is 0 Å². The van der Waals surface area contributed by atoms with E-state index in [9.17, 15) is 4.79 Å². The Morgan fingerprint density at radius 2 is 1.69 bits per heavy atom. The van der Waals surface area contributed by atoms with Crippen LogP contribution < -0.4 is 5.32 Å². The van der Waals surface area contributed by atoms with E-state index in [0.717, 1.165) is 44.3 Å². The third kappa shape index (κ3) is 3.24. The lowest BCUT2D eigenvalue weighted by Crippen LogP contribution is -2.62. The van der Waals surface area contributed by atoms with Crippen molar-refractivity contribution in [1.29, 1.82) is 0 Å². The molecule has 26 heavy (non-hydrogen) atoms. The molecule has 3 aliphatic heterocycles. The molecule has 3 saturated heterocycles. The van der Waals surface area contributed by atoms with Crippen LogP contribution in [0.3, 0.4) is 0 Å². The van der Waals surface area contributed by atoms with Crippen molar-refractivity contribution in [3.8, 4) is 0 Å². The Morgan fingerprint density at radius 1 is 1.00 bits per heavy atom. The van der Waals surface area contributed by atoms with Gasteiger partial charge in [-0.1, -0.05) is 30.3 Å². The fourth-order valence-corrected chi connectivity index (χ4v) is 6.20. The second-order valence-electron chi connectivity index (χ2n) is 9.10. The first-order valence-corrected chi connectivity index (χ1v) is 10.6. The highest BCUT2D eigenvalue weighted by atomic mass is 16.2. The molecule has 4 nitrogen and oxygen atoms in total. The molecule has 0 radical (unpaired) electrons. The first kappa shape index (κ1) is 16.6. The molecular formula is C22H31N3O. The van der Waals surface area contributed by atoms with Gasteiger partial charge in [-0.3, -0.25) is 0 Å². The Hall–Kier alpha value is -1.55. The van der Waals surface area contributed by atoms with Crippen molar-refractivity contribution in [1.82, 2.24) is 15.1 Å². The van der Waals surface area contributed by atoms with Gasteiger partial charge in [0.15, 0.2) is 0 Å². The highest BCUT2D eigenvalue weighted by molar-refractivity contribution is 5.75. The zero-order chi connectivity index (χ0) is 17.5. The van der Waals surface area contributed by atoms with Crippen LogP contribution in [0.5, 0.6) is 0 Å². The summed E-state index contributed by atoms with van der Waals surface area (Å²) in [7, 11) is 0. The van der Waals surface area contributed by atoms with Crippen LogP contribution in [0.15, 0.2) is 30.3 Å². The van der Waals surface area contributed by atoms with Gasteiger partial charge in [-0.05, 0) is 62.3 Å². The molecule has 4 heteroatoms. The number of nitrogens with zero attached hydrogens (tertiary/aromatic N) is 2. The maximum Gasteiger partial charge on any atom is 0.318 e. The normalized spacial score (nSPS) is 35.8. The predicted octanol–water partition coefficient (Wildman–Crippen LogP) is 3.28. The lowest BCUT2D eigenvalue weighted by Gasteiger charge is -2.56. The third-order valence-corrected chi connectivity index (χ3v) is 7.27. The standard InChI is InChI=1S/C22H31N3O/c26-22(25-20-11-17-10-18(13-20)14-21(25)12-17)23-19-7-9-24(15-19)8-6-16-4-2-1-3-5-16/h1-5,17-21H,6-15H2,(H,23,26). The minimum Gasteiger partial charge on any atom is -0.334 e. The van der Waals surface area contributed by atoms with Crippen LogP contribution in [0.25, 0.3) is 0 Å². The number of amides is 2. The number of urea groups is 1. The summed E-state index contributed by atoms with van der Waals surface area (Å²) in [6, 6.07) is 12.3. The molecule has 0 aromatic heterocycles. The van der Waals surface area contributed by atoms with Gasteiger partial charge in [0.05, 0.1) is 0 Å². The van der Waals surface area contributed by atoms with Gasteiger partial charge in [0.1, 0.15) is 0 Å². The zero-order valence-corrected chi connectivity index (χ0v) is 15.6. The van der Waals surface area contributed by atoms with Crippen LogP contribution in [-0.2, 0) is 6.42 Å². The smallest absolute Gasteiger partial charge is 0.318 e. The molecule has 5 fully saturated rings. The summed E-state index contributed by atoms with van der Waals surface area (Å²) in [5.41, 5.74) is 1.40. The number of likely N-dealkylation sites (tertiary alicyclic amines) is 1. The van der Waals surface area contributed by atoms with E-state index in [1.54, 1.807) is 0 Å². The number of benzene rings is 1. The number of hydrogen-bond donors (Lipinski definition) is 1. The highest BCUT2D eigenvalue weighted by Crippen LogP contribution is 2.49. The molecule has 2 saturated carbocycles. The molecule has 1 atom stereocenters. The molecule has 2 amide bonds. The maximum atomic E-state index is 13.0. The van der Waals surface area contributed by atoms with Gasteiger partial charge in [0, 0.05) is 37.8 Å². The van der Waals surface area contributed by atoms with Crippen LogP contribution in [0.1, 0.15) is 44.1 Å². The SMILES string of the molecule is O=C(NC1CCN(CCc2ccccc2)C1)N1C2CC3CC(C2)CC1C3. The summed E-state index contributed by atoms with van der Waals surface area (Å²) in [5, 5.41) is 3.38. The lowest BCUT2D eigenvalue weighted by atomic mass is 9.64. The molecule has 1 aromatic rings. The topological polar surface area (TPSA) is 35.6 Å². The quantitative estimate of drug-likeness (QED) is 0.902. The van der Waals surface area contributed by atoms with Gasteiger partial charge in [-0.2, -0.15) is 0 Å². The fraction of sp³-hybridized carbons (Fsp3) is 0.682. The molecule has 6 rings (SSSR count). The molecule has 1 aromatic carbocycles. The molecule has 5 aliphatic rings.